The Morgan fingerprint density at radius 3 is 3.08 bits per heavy atom. The highest BCUT2D eigenvalue weighted by atomic mass is 79.9. The molecule has 0 bridgehead atoms. The molecule has 3 nitrogen and oxygen atoms in total. The monoisotopic (exact) mass is 258 g/mol. The maximum absolute atomic E-state index is 11.4. The number of H-pyrrole nitrogens is 1. The van der Waals surface area contributed by atoms with E-state index < -0.39 is 0 Å². The number of pyridine rings is 2. The summed E-state index contributed by atoms with van der Waals surface area (Å²) in [6.45, 7) is 0. The van der Waals surface area contributed by atoms with Crippen molar-refractivity contribution in [3.8, 4) is 0 Å². The van der Waals surface area contributed by atoms with Crippen LogP contribution in [0.3, 0.4) is 0 Å². The molecule has 5 heteroatoms. The first kappa shape index (κ1) is 8.72. The molecule has 0 aromatic carbocycles. The van der Waals surface area contributed by atoms with Crippen molar-refractivity contribution in [2.45, 2.75) is 0 Å². The van der Waals surface area contributed by atoms with Crippen molar-refractivity contribution in [2.75, 3.05) is 0 Å². The van der Waals surface area contributed by atoms with Crippen molar-refractivity contribution >= 4 is 38.4 Å². The van der Waals surface area contributed by atoms with Gasteiger partial charge < -0.3 is 4.98 Å². The zero-order valence-electron chi connectivity index (χ0n) is 6.34. The molecule has 2 heterocycles. The van der Waals surface area contributed by atoms with Gasteiger partial charge >= 0.3 is 0 Å². The highest BCUT2D eigenvalue weighted by Crippen LogP contribution is 2.20. The van der Waals surface area contributed by atoms with Crippen molar-refractivity contribution in [2.24, 2.45) is 0 Å². The summed E-state index contributed by atoms with van der Waals surface area (Å²) in [4.78, 5) is 18.2. The van der Waals surface area contributed by atoms with Gasteiger partial charge in [-0.05, 0) is 22.0 Å². The molecule has 0 saturated heterocycles. The first-order chi connectivity index (χ1) is 6.18. The van der Waals surface area contributed by atoms with Gasteiger partial charge in [0.1, 0.15) is 9.76 Å². The molecule has 2 aromatic rings. The summed E-state index contributed by atoms with van der Waals surface area (Å²) in [5.41, 5.74) is 0.601. The van der Waals surface area contributed by atoms with E-state index >= 15 is 0 Å². The number of fused-ring (bicyclic) bond motifs is 1. The molecule has 0 spiro atoms. The van der Waals surface area contributed by atoms with Crippen LogP contribution >= 0.6 is 27.5 Å². The number of hydrogen-bond acceptors (Lipinski definition) is 2. The Balaban J connectivity index is 3.03. The van der Waals surface area contributed by atoms with E-state index in [2.05, 4.69) is 25.9 Å². The van der Waals surface area contributed by atoms with Crippen LogP contribution in [0.4, 0.5) is 0 Å². The second-order valence-electron chi connectivity index (χ2n) is 2.50. The van der Waals surface area contributed by atoms with E-state index in [1.54, 1.807) is 12.3 Å². The van der Waals surface area contributed by atoms with Crippen LogP contribution in [0.5, 0.6) is 0 Å². The van der Waals surface area contributed by atoms with E-state index in [1.807, 2.05) is 0 Å². The van der Waals surface area contributed by atoms with Crippen molar-refractivity contribution in [1.29, 1.82) is 0 Å². The van der Waals surface area contributed by atoms with Crippen LogP contribution in [0.25, 0.3) is 10.9 Å². The fourth-order valence-corrected chi connectivity index (χ4v) is 2.02. The molecule has 0 aliphatic rings. The lowest BCUT2D eigenvalue weighted by Crippen LogP contribution is -2.01. The lowest BCUT2D eigenvalue weighted by Gasteiger charge is -1.98. The van der Waals surface area contributed by atoms with Crippen LogP contribution in [-0.4, -0.2) is 9.97 Å². The lowest BCUT2D eigenvalue weighted by molar-refractivity contribution is 1.28. The average molecular weight is 259 g/mol. The summed E-state index contributed by atoms with van der Waals surface area (Å²) in [6.07, 6.45) is 1.58. The number of aromatic nitrogens is 2. The Labute approximate surface area is 86.9 Å². The van der Waals surface area contributed by atoms with Gasteiger partial charge in [0.2, 0.25) is 0 Å². The molecule has 0 saturated carbocycles. The normalized spacial score (nSPS) is 10.6. The van der Waals surface area contributed by atoms with Crippen LogP contribution in [0.1, 0.15) is 0 Å². The number of nitrogens with one attached hydrogen (secondary N) is 1. The van der Waals surface area contributed by atoms with E-state index in [0.717, 1.165) is 0 Å². The first-order valence-corrected chi connectivity index (χ1v) is 4.69. The lowest BCUT2D eigenvalue weighted by atomic mass is 10.3. The molecule has 0 fully saturated rings. The zero-order valence-corrected chi connectivity index (χ0v) is 8.69. The number of halogens is 2. The Kier molecular flexibility index (Phi) is 2.09. The van der Waals surface area contributed by atoms with Gasteiger partial charge in [-0.3, -0.25) is 4.79 Å². The van der Waals surface area contributed by atoms with Gasteiger partial charge in [0.25, 0.3) is 0 Å². The molecule has 0 atom stereocenters. The molecule has 13 heavy (non-hydrogen) atoms. The smallest absolute Gasteiger partial charge is 0.192 e. The van der Waals surface area contributed by atoms with Gasteiger partial charge in [-0.2, -0.15) is 0 Å². The minimum atomic E-state index is -0.0789. The Morgan fingerprint density at radius 2 is 2.31 bits per heavy atom. The molecule has 0 amide bonds. The summed E-state index contributed by atoms with van der Waals surface area (Å²) < 4.78 is 0.469. The van der Waals surface area contributed by atoms with Gasteiger partial charge in [0.15, 0.2) is 5.43 Å². The summed E-state index contributed by atoms with van der Waals surface area (Å²) in [5, 5.41) is 0.869. The highest BCUT2D eigenvalue weighted by molar-refractivity contribution is 9.10. The van der Waals surface area contributed by atoms with Gasteiger partial charge in [0, 0.05) is 12.3 Å². The second-order valence-corrected chi connectivity index (χ2v) is 3.64. The third-order valence-electron chi connectivity index (χ3n) is 1.66. The van der Waals surface area contributed by atoms with E-state index in [9.17, 15) is 4.79 Å². The standard InChI is InChI=1S/C8H4BrClN2O/c9-8-7-4(3-6(10)12-8)11-2-1-5(7)13/h1-3H,(H,11,13). The number of aromatic amines is 1. The molecule has 2 aromatic heterocycles. The van der Waals surface area contributed by atoms with Crippen LogP contribution in [0.2, 0.25) is 5.15 Å². The minimum absolute atomic E-state index is 0.0789. The molecule has 0 radical (unpaired) electrons. The fraction of sp³-hybridized carbons (Fsp3) is 0. The fourth-order valence-electron chi connectivity index (χ4n) is 1.12. The van der Waals surface area contributed by atoms with Crippen molar-refractivity contribution in [1.82, 2.24) is 9.97 Å². The van der Waals surface area contributed by atoms with Crippen molar-refractivity contribution in [3.63, 3.8) is 0 Å². The second kappa shape index (κ2) is 3.12. The third kappa shape index (κ3) is 1.47. The van der Waals surface area contributed by atoms with Crippen LogP contribution in [0, 0.1) is 0 Å². The maximum Gasteiger partial charge on any atom is 0.192 e. The SMILES string of the molecule is O=c1cc[nH]c2cc(Cl)nc(Br)c12. The van der Waals surface area contributed by atoms with E-state index in [1.165, 1.54) is 6.07 Å². The van der Waals surface area contributed by atoms with Crippen molar-refractivity contribution in [3.05, 3.63) is 38.3 Å². The van der Waals surface area contributed by atoms with Gasteiger partial charge in [-0.25, -0.2) is 4.98 Å². The Morgan fingerprint density at radius 1 is 1.54 bits per heavy atom. The topological polar surface area (TPSA) is 45.8 Å². The van der Waals surface area contributed by atoms with Gasteiger partial charge in [-0.1, -0.05) is 11.6 Å². The van der Waals surface area contributed by atoms with Crippen LogP contribution in [-0.2, 0) is 0 Å². The number of nitrogens with zero attached hydrogens (tertiary/aromatic N) is 1. The van der Waals surface area contributed by atoms with Crippen molar-refractivity contribution < 1.29 is 0 Å². The molecule has 1 N–H and O–H groups in total. The average Bonchev–Trinajstić information content (AvgIpc) is 2.02. The van der Waals surface area contributed by atoms with Crippen LogP contribution in [0.15, 0.2) is 27.7 Å². The molecular weight excluding hydrogens is 255 g/mol. The minimum Gasteiger partial charge on any atom is -0.361 e. The third-order valence-corrected chi connectivity index (χ3v) is 2.43. The quantitative estimate of drug-likeness (QED) is 0.738. The number of hydrogen-bond donors (Lipinski definition) is 1. The molecule has 0 aliphatic heterocycles. The zero-order chi connectivity index (χ0) is 9.42. The first-order valence-electron chi connectivity index (χ1n) is 3.52. The predicted octanol–water partition coefficient (Wildman–Crippen LogP) is 2.34. The highest BCUT2D eigenvalue weighted by Gasteiger charge is 2.05. The van der Waals surface area contributed by atoms with E-state index in [4.69, 9.17) is 11.6 Å². The summed E-state index contributed by atoms with van der Waals surface area (Å²) in [7, 11) is 0. The number of rotatable bonds is 0. The van der Waals surface area contributed by atoms with Gasteiger partial charge in [-0.15, -0.1) is 0 Å². The Hall–Kier alpha value is -0.870. The molecule has 2 rings (SSSR count). The summed E-state index contributed by atoms with van der Waals surface area (Å²) >= 11 is 8.90. The summed E-state index contributed by atoms with van der Waals surface area (Å²) in [5.74, 6) is 0. The molecular formula is C8H4BrClN2O. The predicted molar refractivity (Wildman–Crippen MR) is 55.1 cm³/mol. The van der Waals surface area contributed by atoms with E-state index in [-0.39, 0.29) is 5.43 Å². The molecule has 66 valence electrons. The van der Waals surface area contributed by atoms with Crippen LogP contribution < -0.4 is 5.43 Å². The maximum atomic E-state index is 11.4. The molecule has 0 unspecified atom stereocenters. The van der Waals surface area contributed by atoms with Gasteiger partial charge in [0.05, 0.1) is 10.9 Å². The van der Waals surface area contributed by atoms with E-state index in [0.29, 0.717) is 20.7 Å². The largest absolute Gasteiger partial charge is 0.361 e. The Bertz CT molecular complexity index is 523. The summed E-state index contributed by atoms with van der Waals surface area (Å²) in [6, 6.07) is 3.06. The molecule has 0 aliphatic carbocycles.